The number of allylic oxidation sites excluding steroid dienone is 3. The van der Waals surface area contributed by atoms with E-state index in [1.165, 1.54) is 17.0 Å². The topological polar surface area (TPSA) is 70.1 Å². The maximum absolute atomic E-state index is 13.9. The minimum Gasteiger partial charge on any atom is -0.384 e. The molecule has 0 radical (unpaired) electrons. The molecule has 1 aromatic heterocycles. The Hall–Kier alpha value is -2.91. The molecule has 1 aliphatic carbocycles. The fourth-order valence-corrected chi connectivity index (χ4v) is 5.09. The van der Waals surface area contributed by atoms with Crippen LogP contribution in [0.5, 0.6) is 0 Å². The number of carbonyl (C=O) groups excluding carboxylic acids is 1. The van der Waals surface area contributed by atoms with Crippen molar-refractivity contribution in [3.63, 3.8) is 0 Å². The van der Waals surface area contributed by atoms with Gasteiger partial charge in [-0.2, -0.15) is 5.26 Å². The maximum atomic E-state index is 13.9. The lowest BCUT2D eigenvalue weighted by atomic mass is 9.78. The van der Waals surface area contributed by atoms with Crippen molar-refractivity contribution in [2.75, 3.05) is 4.90 Å². The van der Waals surface area contributed by atoms with Gasteiger partial charge in [-0.15, -0.1) is 11.3 Å². The Morgan fingerprint density at radius 2 is 2.14 bits per heavy atom. The van der Waals surface area contributed by atoms with E-state index in [9.17, 15) is 14.4 Å². The number of halogens is 1. The van der Waals surface area contributed by atoms with Crippen LogP contribution >= 0.6 is 11.3 Å². The maximum Gasteiger partial charge on any atom is 0.161 e. The van der Waals surface area contributed by atoms with Crippen LogP contribution in [-0.4, -0.2) is 5.78 Å². The average Bonchev–Trinajstić information content (AvgIpc) is 3.16. The SMILES string of the molecule is CCc1ccc(C2C(C#N)=C(N)N(c3cccc(F)c3)C3=C2C(=O)CCC3)s1. The number of rotatable bonds is 3. The van der Waals surface area contributed by atoms with E-state index >= 15 is 0 Å². The molecule has 2 heterocycles. The molecular weight excluding hydrogens is 373 g/mol. The minimum atomic E-state index is -0.442. The first kappa shape index (κ1) is 18.5. The summed E-state index contributed by atoms with van der Waals surface area (Å²) in [5, 5.41) is 9.94. The summed E-state index contributed by atoms with van der Waals surface area (Å²) in [6, 6.07) is 12.4. The molecule has 142 valence electrons. The van der Waals surface area contributed by atoms with Gasteiger partial charge in [0.1, 0.15) is 11.6 Å². The Morgan fingerprint density at radius 3 is 2.82 bits per heavy atom. The van der Waals surface area contributed by atoms with Gasteiger partial charge in [-0.1, -0.05) is 13.0 Å². The third-order valence-corrected chi connectivity index (χ3v) is 6.59. The van der Waals surface area contributed by atoms with Crippen LogP contribution in [-0.2, 0) is 11.2 Å². The van der Waals surface area contributed by atoms with Gasteiger partial charge in [-0.25, -0.2) is 4.39 Å². The smallest absolute Gasteiger partial charge is 0.161 e. The van der Waals surface area contributed by atoms with Gasteiger partial charge in [-0.05, 0) is 49.6 Å². The van der Waals surface area contributed by atoms with Gasteiger partial charge in [0.25, 0.3) is 0 Å². The Labute approximate surface area is 167 Å². The molecule has 0 saturated carbocycles. The Morgan fingerprint density at radius 1 is 1.32 bits per heavy atom. The molecule has 1 aromatic carbocycles. The summed E-state index contributed by atoms with van der Waals surface area (Å²) in [6.07, 6.45) is 2.74. The van der Waals surface area contributed by atoms with Gasteiger partial charge in [0.15, 0.2) is 5.78 Å². The minimum absolute atomic E-state index is 0.0411. The molecule has 6 heteroatoms. The number of anilines is 1. The van der Waals surface area contributed by atoms with E-state index < -0.39 is 5.92 Å². The second-order valence-electron chi connectivity index (χ2n) is 6.95. The van der Waals surface area contributed by atoms with Crippen molar-refractivity contribution in [3.8, 4) is 6.07 Å². The predicted molar refractivity (Wildman–Crippen MR) is 108 cm³/mol. The van der Waals surface area contributed by atoms with Crippen LogP contribution in [0.4, 0.5) is 10.1 Å². The summed E-state index contributed by atoms with van der Waals surface area (Å²) in [5.74, 6) is -0.513. The number of ketones is 1. The van der Waals surface area contributed by atoms with Crippen molar-refractivity contribution in [2.24, 2.45) is 5.73 Å². The fraction of sp³-hybridized carbons (Fsp3) is 0.273. The monoisotopic (exact) mass is 393 g/mol. The quantitative estimate of drug-likeness (QED) is 0.817. The number of carbonyl (C=O) groups is 1. The van der Waals surface area contributed by atoms with E-state index in [0.29, 0.717) is 29.7 Å². The van der Waals surface area contributed by atoms with Gasteiger partial charge in [0, 0.05) is 27.4 Å². The first-order chi connectivity index (χ1) is 13.5. The Bertz CT molecular complexity index is 1060. The standard InChI is InChI=1S/C22H20FN3OS/c1-2-15-9-10-19(28-15)20-16(12-24)22(25)26(14-6-3-5-13(23)11-14)17-7-4-8-18(27)21(17)20/h3,5-6,9-11,20H,2,4,7-8,25H2,1H3. The summed E-state index contributed by atoms with van der Waals surface area (Å²) in [5.41, 5.74) is 8.76. The number of hydrogen-bond donors (Lipinski definition) is 1. The Balaban J connectivity index is 1.95. The van der Waals surface area contributed by atoms with Gasteiger partial charge in [0.05, 0.1) is 23.2 Å². The predicted octanol–water partition coefficient (Wildman–Crippen LogP) is 4.75. The summed E-state index contributed by atoms with van der Waals surface area (Å²) in [7, 11) is 0. The van der Waals surface area contributed by atoms with E-state index in [2.05, 4.69) is 13.0 Å². The Kier molecular flexibility index (Phi) is 4.78. The molecule has 0 fully saturated rings. The fourth-order valence-electron chi connectivity index (χ4n) is 4.02. The zero-order chi connectivity index (χ0) is 19.8. The van der Waals surface area contributed by atoms with Crippen molar-refractivity contribution in [3.05, 3.63) is 74.6 Å². The normalized spacial score (nSPS) is 19.7. The van der Waals surface area contributed by atoms with Crippen LogP contribution in [0.25, 0.3) is 0 Å². The van der Waals surface area contributed by atoms with Crippen molar-refractivity contribution in [1.82, 2.24) is 0 Å². The van der Waals surface area contributed by atoms with Crippen LogP contribution in [0.1, 0.15) is 41.9 Å². The van der Waals surface area contributed by atoms with Gasteiger partial charge in [-0.3, -0.25) is 9.69 Å². The van der Waals surface area contributed by atoms with Crippen LogP contribution in [0.2, 0.25) is 0 Å². The molecule has 1 unspecified atom stereocenters. The number of benzene rings is 1. The van der Waals surface area contributed by atoms with Crippen molar-refractivity contribution < 1.29 is 9.18 Å². The van der Waals surface area contributed by atoms with E-state index in [1.807, 2.05) is 12.1 Å². The van der Waals surface area contributed by atoms with E-state index in [-0.39, 0.29) is 17.4 Å². The average molecular weight is 393 g/mol. The lowest BCUT2D eigenvalue weighted by Gasteiger charge is -2.39. The van der Waals surface area contributed by atoms with Gasteiger partial charge in [0.2, 0.25) is 0 Å². The molecule has 0 spiro atoms. The number of nitrogens with two attached hydrogens (primary N) is 1. The number of nitrogens with zero attached hydrogens (tertiary/aromatic N) is 2. The first-order valence-corrected chi connectivity index (χ1v) is 10.2. The largest absolute Gasteiger partial charge is 0.384 e. The van der Waals surface area contributed by atoms with Gasteiger partial charge < -0.3 is 5.73 Å². The summed E-state index contributed by atoms with van der Waals surface area (Å²) >= 11 is 1.61. The molecule has 0 bridgehead atoms. The lowest BCUT2D eigenvalue weighted by molar-refractivity contribution is -0.116. The molecule has 1 atom stereocenters. The number of aryl methyl sites for hydroxylation is 1. The highest BCUT2D eigenvalue weighted by Gasteiger charge is 2.40. The first-order valence-electron chi connectivity index (χ1n) is 9.35. The number of thiophene rings is 1. The molecular formula is C22H20FN3OS. The highest BCUT2D eigenvalue weighted by atomic mass is 32.1. The highest BCUT2D eigenvalue weighted by molar-refractivity contribution is 7.12. The van der Waals surface area contributed by atoms with E-state index in [4.69, 9.17) is 5.73 Å². The molecule has 2 aromatic rings. The van der Waals surface area contributed by atoms with Crippen molar-refractivity contribution in [1.29, 1.82) is 5.26 Å². The molecule has 0 amide bonds. The molecule has 0 saturated heterocycles. The van der Waals surface area contributed by atoms with E-state index in [1.54, 1.807) is 28.4 Å². The molecule has 1 aliphatic heterocycles. The number of hydrogen-bond acceptors (Lipinski definition) is 5. The third kappa shape index (κ3) is 2.92. The zero-order valence-corrected chi connectivity index (χ0v) is 16.4. The summed E-state index contributed by atoms with van der Waals surface area (Å²) in [4.78, 5) is 16.8. The molecule has 2 aliphatic rings. The van der Waals surface area contributed by atoms with Gasteiger partial charge >= 0.3 is 0 Å². The van der Waals surface area contributed by atoms with Crippen LogP contribution in [0, 0.1) is 17.1 Å². The van der Waals surface area contributed by atoms with Crippen molar-refractivity contribution >= 4 is 22.8 Å². The zero-order valence-electron chi connectivity index (χ0n) is 15.5. The second kappa shape index (κ2) is 7.25. The summed E-state index contributed by atoms with van der Waals surface area (Å²) in [6.45, 7) is 2.08. The van der Waals surface area contributed by atoms with Crippen LogP contribution < -0.4 is 10.6 Å². The second-order valence-corrected chi connectivity index (χ2v) is 8.15. The number of nitriles is 1. The van der Waals surface area contributed by atoms with Crippen LogP contribution in [0.15, 0.2) is 59.1 Å². The highest BCUT2D eigenvalue weighted by Crippen LogP contribution is 2.47. The van der Waals surface area contributed by atoms with Crippen molar-refractivity contribution in [2.45, 2.75) is 38.5 Å². The molecule has 2 N–H and O–H groups in total. The molecule has 28 heavy (non-hydrogen) atoms. The van der Waals surface area contributed by atoms with E-state index in [0.717, 1.165) is 23.4 Å². The molecule has 4 rings (SSSR count). The molecule has 4 nitrogen and oxygen atoms in total. The van der Waals surface area contributed by atoms with Crippen LogP contribution in [0.3, 0.4) is 0 Å². The number of Topliss-reactive ketones (excluding diaryl/α,β-unsaturated/α-hetero) is 1. The summed E-state index contributed by atoms with van der Waals surface area (Å²) < 4.78 is 13.9. The lowest BCUT2D eigenvalue weighted by Crippen LogP contribution is -2.38. The third-order valence-electron chi connectivity index (χ3n) is 5.30.